The van der Waals surface area contributed by atoms with Crippen LogP contribution in [0.25, 0.3) is 11.3 Å². The zero-order chi connectivity index (χ0) is 16.5. The normalized spacial score (nSPS) is 19.2. The molecule has 1 saturated heterocycles. The van der Waals surface area contributed by atoms with Gasteiger partial charge in [0.1, 0.15) is 5.82 Å². The minimum atomic E-state index is 0.380. The van der Waals surface area contributed by atoms with E-state index >= 15 is 0 Å². The van der Waals surface area contributed by atoms with E-state index in [1.54, 1.807) is 0 Å². The number of benzene rings is 1. The molecule has 1 aliphatic heterocycles. The monoisotopic (exact) mass is 323 g/mol. The summed E-state index contributed by atoms with van der Waals surface area (Å²) in [6.07, 6.45) is 4.37. The molecule has 0 bridgehead atoms. The zero-order valence-electron chi connectivity index (χ0n) is 14.3. The summed E-state index contributed by atoms with van der Waals surface area (Å²) >= 11 is 0. The van der Waals surface area contributed by atoms with Crippen LogP contribution in [0.5, 0.6) is 0 Å². The van der Waals surface area contributed by atoms with Gasteiger partial charge in [-0.3, -0.25) is 0 Å². The summed E-state index contributed by atoms with van der Waals surface area (Å²) in [6.45, 7) is 5.32. The molecule has 4 rings (SSSR count). The summed E-state index contributed by atoms with van der Waals surface area (Å²) in [5.41, 5.74) is 10.9. The van der Waals surface area contributed by atoms with Crippen molar-refractivity contribution >= 4 is 11.8 Å². The number of nitrogens with two attached hydrogens (primary N) is 1. The lowest BCUT2D eigenvalue weighted by atomic mass is 9.89. The molecule has 0 saturated carbocycles. The number of hydrogen-bond acceptors (Lipinski definition) is 5. The SMILES string of the molecule is CCCNC1CCN(c2nc(N)nc3c2CCc2ccccc2-3)C1. The van der Waals surface area contributed by atoms with Crippen molar-refractivity contribution in [3.05, 3.63) is 35.4 Å². The smallest absolute Gasteiger partial charge is 0.222 e. The van der Waals surface area contributed by atoms with Crippen molar-refractivity contribution in [3.8, 4) is 11.3 Å². The van der Waals surface area contributed by atoms with Crippen molar-refractivity contribution in [2.75, 3.05) is 30.3 Å². The molecule has 0 radical (unpaired) electrons. The molecule has 5 nitrogen and oxygen atoms in total. The summed E-state index contributed by atoms with van der Waals surface area (Å²) in [4.78, 5) is 11.6. The number of hydrogen-bond donors (Lipinski definition) is 2. The van der Waals surface area contributed by atoms with E-state index in [0.717, 1.165) is 50.4 Å². The highest BCUT2D eigenvalue weighted by atomic mass is 15.3. The van der Waals surface area contributed by atoms with Gasteiger partial charge in [-0.05, 0) is 37.8 Å². The second-order valence-corrected chi connectivity index (χ2v) is 6.78. The summed E-state index contributed by atoms with van der Waals surface area (Å²) < 4.78 is 0. The third-order valence-electron chi connectivity index (χ3n) is 5.09. The predicted molar refractivity (Wildman–Crippen MR) is 98.2 cm³/mol. The van der Waals surface area contributed by atoms with Gasteiger partial charge in [-0.15, -0.1) is 0 Å². The van der Waals surface area contributed by atoms with Gasteiger partial charge < -0.3 is 16.0 Å². The largest absolute Gasteiger partial charge is 0.368 e. The fourth-order valence-electron chi connectivity index (χ4n) is 3.90. The molecule has 2 heterocycles. The number of aryl methyl sites for hydroxylation is 1. The average Bonchev–Trinajstić information content (AvgIpc) is 3.08. The maximum absolute atomic E-state index is 6.06. The van der Waals surface area contributed by atoms with Gasteiger partial charge in [0.15, 0.2) is 0 Å². The van der Waals surface area contributed by atoms with Gasteiger partial charge in [0.2, 0.25) is 5.95 Å². The van der Waals surface area contributed by atoms with Gasteiger partial charge >= 0.3 is 0 Å². The minimum Gasteiger partial charge on any atom is -0.368 e. The van der Waals surface area contributed by atoms with Crippen LogP contribution in [0.4, 0.5) is 11.8 Å². The number of fused-ring (bicyclic) bond motifs is 3. The van der Waals surface area contributed by atoms with E-state index in [9.17, 15) is 0 Å². The number of anilines is 2. The van der Waals surface area contributed by atoms with Gasteiger partial charge in [0.25, 0.3) is 0 Å². The second-order valence-electron chi connectivity index (χ2n) is 6.78. The number of nitrogens with one attached hydrogen (secondary N) is 1. The van der Waals surface area contributed by atoms with Crippen molar-refractivity contribution in [1.82, 2.24) is 15.3 Å². The number of nitrogens with zero attached hydrogens (tertiary/aromatic N) is 3. The highest BCUT2D eigenvalue weighted by Crippen LogP contribution is 2.37. The molecule has 3 N–H and O–H groups in total. The van der Waals surface area contributed by atoms with E-state index in [1.807, 2.05) is 0 Å². The van der Waals surface area contributed by atoms with Gasteiger partial charge in [0, 0.05) is 30.3 Å². The number of rotatable bonds is 4. The first-order valence-corrected chi connectivity index (χ1v) is 8.99. The molecule has 2 aliphatic rings. The Balaban J connectivity index is 1.68. The Morgan fingerprint density at radius 2 is 2.12 bits per heavy atom. The summed E-state index contributed by atoms with van der Waals surface area (Å²) in [5, 5.41) is 3.63. The number of aromatic nitrogens is 2. The van der Waals surface area contributed by atoms with Crippen molar-refractivity contribution in [3.63, 3.8) is 0 Å². The Kier molecular flexibility index (Phi) is 4.10. The van der Waals surface area contributed by atoms with Crippen LogP contribution in [0, 0.1) is 0 Å². The maximum Gasteiger partial charge on any atom is 0.222 e. The van der Waals surface area contributed by atoms with Crippen molar-refractivity contribution in [2.45, 2.75) is 38.6 Å². The molecular formula is C19H25N5. The molecule has 1 fully saturated rings. The lowest BCUT2D eigenvalue weighted by Gasteiger charge is -2.26. The van der Waals surface area contributed by atoms with Crippen LogP contribution in [-0.2, 0) is 12.8 Å². The first-order valence-electron chi connectivity index (χ1n) is 8.99. The molecular weight excluding hydrogens is 298 g/mol. The summed E-state index contributed by atoms with van der Waals surface area (Å²) in [6, 6.07) is 9.06. The zero-order valence-corrected chi connectivity index (χ0v) is 14.3. The fraction of sp³-hybridized carbons (Fsp3) is 0.474. The third-order valence-corrected chi connectivity index (χ3v) is 5.09. The molecule has 1 unspecified atom stereocenters. The summed E-state index contributed by atoms with van der Waals surface area (Å²) in [7, 11) is 0. The van der Waals surface area contributed by atoms with Crippen LogP contribution >= 0.6 is 0 Å². The van der Waals surface area contributed by atoms with Crippen LogP contribution in [0.2, 0.25) is 0 Å². The van der Waals surface area contributed by atoms with Crippen LogP contribution < -0.4 is 16.0 Å². The van der Waals surface area contributed by atoms with Gasteiger partial charge in [-0.2, -0.15) is 4.98 Å². The Morgan fingerprint density at radius 3 is 3.00 bits per heavy atom. The molecule has 0 spiro atoms. The molecule has 2 aromatic rings. The van der Waals surface area contributed by atoms with Crippen LogP contribution in [0.3, 0.4) is 0 Å². The van der Waals surface area contributed by atoms with E-state index in [4.69, 9.17) is 5.73 Å². The molecule has 126 valence electrons. The lowest BCUT2D eigenvalue weighted by molar-refractivity contribution is 0.549. The molecule has 1 aromatic carbocycles. The fourth-order valence-corrected chi connectivity index (χ4v) is 3.90. The van der Waals surface area contributed by atoms with Crippen molar-refractivity contribution < 1.29 is 0 Å². The standard InChI is InChI=1S/C19H25N5/c1-2-10-21-14-9-11-24(12-14)18-16-8-7-13-5-3-4-6-15(13)17(16)22-19(20)23-18/h3-6,14,21H,2,7-12H2,1H3,(H2,20,22,23). The molecule has 24 heavy (non-hydrogen) atoms. The highest BCUT2D eigenvalue weighted by molar-refractivity contribution is 5.75. The molecule has 1 aromatic heterocycles. The van der Waals surface area contributed by atoms with E-state index in [1.165, 1.54) is 23.1 Å². The van der Waals surface area contributed by atoms with Gasteiger partial charge in [-0.1, -0.05) is 31.2 Å². The lowest BCUT2D eigenvalue weighted by Crippen LogP contribution is -2.33. The van der Waals surface area contributed by atoms with E-state index in [2.05, 4.69) is 51.4 Å². The minimum absolute atomic E-state index is 0.380. The molecule has 5 heteroatoms. The van der Waals surface area contributed by atoms with Crippen molar-refractivity contribution in [1.29, 1.82) is 0 Å². The number of nitrogen functional groups attached to an aromatic ring is 1. The van der Waals surface area contributed by atoms with Crippen molar-refractivity contribution in [2.24, 2.45) is 0 Å². The Hall–Kier alpha value is -2.14. The average molecular weight is 323 g/mol. The molecule has 1 atom stereocenters. The second kappa shape index (κ2) is 6.40. The quantitative estimate of drug-likeness (QED) is 0.904. The first kappa shape index (κ1) is 15.4. The summed E-state index contributed by atoms with van der Waals surface area (Å²) in [5.74, 6) is 1.43. The van der Waals surface area contributed by atoms with E-state index in [0.29, 0.717) is 12.0 Å². The van der Waals surface area contributed by atoms with E-state index < -0.39 is 0 Å². The van der Waals surface area contributed by atoms with Gasteiger partial charge in [0.05, 0.1) is 5.69 Å². The Bertz CT molecular complexity index is 743. The highest BCUT2D eigenvalue weighted by Gasteiger charge is 2.29. The van der Waals surface area contributed by atoms with Crippen LogP contribution in [0.15, 0.2) is 24.3 Å². The molecule has 0 amide bonds. The Labute approximate surface area is 143 Å². The maximum atomic E-state index is 6.06. The Morgan fingerprint density at radius 1 is 1.25 bits per heavy atom. The van der Waals surface area contributed by atoms with E-state index in [-0.39, 0.29) is 0 Å². The topological polar surface area (TPSA) is 67.1 Å². The predicted octanol–water partition coefficient (Wildman–Crippen LogP) is 2.40. The van der Waals surface area contributed by atoms with Crippen LogP contribution in [-0.4, -0.2) is 35.6 Å². The third kappa shape index (κ3) is 2.73. The first-order chi connectivity index (χ1) is 11.8. The molecule has 1 aliphatic carbocycles. The van der Waals surface area contributed by atoms with Crippen LogP contribution in [0.1, 0.15) is 30.9 Å². The van der Waals surface area contributed by atoms with Gasteiger partial charge in [-0.25, -0.2) is 4.98 Å².